The van der Waals surface area contributed by atoms with Crippen molar-refractivity contribution in [1.29, 1.82) is 0 Å². The number of hydrogen-bond acceptors (Lipinski definition) is 5. The second kappa shape index (κ2) is 11.7. The smallest absolute Gasteiger partial charge is 0.310 e. The van der Waals surface area contributed by atoms with Crippen LogP contribution < -0.4 is 5.32 Å². The van der Waals surface area contributed by atoms with Gasteiger partial charge in [-0.15, -0.1) is 0 Å². The Morgan fingerprint density at radius 1 is 1.07 bits per heavy atom. The Bertz CT molecular complexity index is 1730. The van der Waals surface area contributed by atoms with E-state index in [0.29, 0.717) is 33.1 Å². The summed E-state index contributed by atoms with van der Waals surface area (Å²) in [6.45, 7) is 1.35. The third-order valence-electron chi connectivity index (χ3n) is 7.02. The first kappa shape index (κ1) is 29.5. The van der Waals surface area contributed by atoms with E-state index in [0.717, 1.165) is 9.87 Å². The van der Waals surface area contributed by atoms with Crippen LogP contribution in [0.1, 0.15) is 35.3 Å². The number of aromatic nitrogens is 2. The van der Waals surface area contributed by atoms with E-state index in [1.165, 1.54) is 26.2 Å². The zero-order chi connectivity index (χ0) is 30.1. The average Bonchev–Trinajstić information content (AvgIpc) is 3.39. The van der Waals surface area contributed by atoms with Gasteiger partial charge in [0.2, 0.25) is 0 Å². The minimum Gasteiger partial charge on any atom is -0.310 e. The Balaban J connectivity index is 1.61. The van der Waals surface area contributed by atoms with Crippen LogP contribution in [0.2, 0.25) is 5.02 Å². The number of nitrogens with zero attached hydrogens (tertiary/aromatic N) is 4. The lowest BCUT2D eigenvalue weighted by atomic mass is 10.0. The molecule has 1 aromatic heterocycles. The number of rotatable bonds is 7. The van der Waals surface area contributed by atoms with Gasteiger partial charge in [0.05, 0.1) is 29.2 Å². The molecule has 12 heteroatoms. The van der Waals surface area contributed by atoms with E-state index in [-0.39, 0.29) is 13.1 Å². The van der Waals surface area contributed by atoms with Crippen molar-refractivity contribution in [3.63, 3.8) is 0 Å². The first-order chi connectivity index (χ1) is 20.0. The van der Waals surface area contributed by atoms with Crippen molar-refractivity contribution in [3.05, 3.63) is 118 Å². The number of carbonyl (C=O) groups excluding carboxylic acids is 1. The van der Waals surface area contributed by atoms with E-state index in [9.17, 15) is 17.6 Å². The van der Waals surface area contributed by atoms with Gasteiger partial charge in [0.1, 0.15) is 5.82 Å². The predicted molar refractivity (Wildman–Crippen MR) is 159 cm³/mol. The van der Waals surface area contributed by atoms with E-state index in [2.05, 4.69) is 10.4 Å². The summed E-state index contributed by atoms with van der Waals surface area (Å²) in [5.74, 6) is -0.402. The molecule has 9 nitrogen and oxygen atoms in total. The van der Waals surface area contributed by atoms with Crippen LogP contribution in [0.25, 0.3) is 17.3 Å². The highest BCUT2D eigenvalue weighted by Crippen LogP contribution is 2.39. The topological polar surface area (TPSA) is 93.5 Å². The molecule has 0 aliphatic carbocycles. The van der Waals surface area contributed by atoms with Gasteiger partial charge in [-0.3, -0.25) is 0 Å². The van der Waals surface area contributed by atoms with Crippen LogP contribution in [0.5, 0.6) is 0 Å². The molecule has 1 amide bonds. The van der Waals surface area contributed by atoms with Crippen molar-refractivity contribution in [2.24, 2.45) is 0 Å². The van der Waals surface area contributed by atoms with Crippen LogP contribution >= 0.6 is 11.6 Å². The maximum Gasteiger partial charge on any atom is 0.464 e. The van der Waals surface area contributed by atoms with Crippen molar-refractivity contribution in [1.82, 2.24) is 19.4 Å². The maximum absolute atomic E-state index is 13.9. The Kier molecular flexibility index (Phi) is 8.20. The first-order valence-corrected chi connectivity index (χ1v) is 14.9. The normalized spacial score (nSPS) is 18.5. The molecular weight excluding hydrogens is 581 g/mol. The number of amides is 1. The molecule has 0 spiro atoms. The summed E-state index contributed by atoms with van der Waals surface area (Å²) >= 11 is 6.11. The maximum atomic E-state index is 13.9. The number of fused-ring (bicyclic) bond motifs is 1. The molecular formula is C30H30ClFN5O4S+. The van der Waals surface area contributed by atoms with Crippen molar-refractivity contribution < 1.29 is 26.5 Å². The minimum atomic E-state index is -4.26. The molecule has 0 saturated heterocycles. The van der Waals surface area contributed by atoms with Crippen molar-refractivity contribution in [2.45, 2.75) is 19.5 Å². The average molecular weight is 611 g/mol. The first-order valence-electron chi connectivity index (χ1n) is 13.1. The zero-order valence-corrected chi connectivity index (χ0v) is 24.8. The van der Waals surface area contributed by atoms with E-state index in [4.69, 9.17) is 16.4 Å². The Morgan fingerprint density at radius 3 is 2.38 bits per heavy atom. The summed E-state index contributed by atoms with van der Waals surface area (Å²) in [5, 5.41) is 7.87. The number of hydroxylamine groups is 2. The number of nitrogens with one attached hydrogen (secondary N) is 1. The van der Waals surface area contributed by atoms with E-state index < -0.39 is 32.2 Å². The molecule has 42 heavy (non-hydrogen) atoms. The predicted octanol–water partition coefficient (Wildman–Crippen LogP) is 5.74. The fourth-order valence-corrected chi connectivity index (χ4v) is 6.38. The van der Waals surface area contributed by atoms with E-state index in [1.54, 1.807) is 60.3 Å². The summed E-state index contributed by atoms with van der Waals surface area (Å²) in [5.41, 5.74) is 3.87. The zero-order valence-electron chi connectivity index (χ0n) is 23.2. The van der Waals surface area contributed by atoms with Gasteiger partial charge in [0.25, 0.3) is 0 Å². The fraction of sp³-hybridized carbons (Fsp3) is 0.200. The third-order valence-corrected chi connectivity index (χ3v) is 9.37. The summed E-state index contributed by atoms with van der Waals surface area (Å²) in [6, 6.07) is 21.7. The molecule has 1 aliphatic heterocycles. The molecule has 5 rings (SSSR count). The molecule has 1 unspecified atom stereocenters. The molecule has 2 heterocycles. The van der Waals surface area contributed by atoms with Gasteiger partial charge in [-0.25, -0.2) is 18.7 Å². The molecule has 218 valence electrons. The highest BCUT2D eigenvalue weighted by atomic mass is 35.5. The molecule has 0 bridgehead atoms. The van der Waals surface area contributed by atoms with Crippen LogP contribution in [0.4, 0.5) is 9.18 Å². The lowest BCUT2D eigenvalue weighted by Gasteiger charge is -2.37. The number of benzene rings is 3. The van der Waals surface area contributed by atoms with Crippen LogP contribution in [-0.4, -0.2) is 53.3 Å². The fourth-order valence-electron chi connectivity index (χ4n) is 4.89. The van der Waals surface area contributed by atoms with Crippen molar-refractivity contribution in [2.75, 3.05) is 20.6 Å². The highest BCUT2D eigenvalue weighted by Gasteiger charge is 2.54. The van der Waals surface area contributed by atoms with E-state index in [1.807, 2.05) is 30.3 Å². The molecule has 0 radical (unpaired) electrons. The molecule has 2 atom stereocenters. The lowest BCUT2D eigenvalue weighted by molar-refractivity contribution is -0.995. The van der Waals surface area contributed by atoms with Crippen LogP contribution in [0.3, 0.4) is 0 Å². The molecule has 0 fully saturated rings. The second-order valence-electron chi connectivity index (χ2n) is 10.2. The van der Waals surface area contributed by atoms with Gasteiger partial charge >= 0.3 is 16.3 Å². The summed E-state index contributed by atoms with van der Waals surface area (Å²) in [4.78, 5) is 19.2. The quantitative estimate of drug-likeness (QED) is 0.269. The largest absolute Gasteiger partial charge is 0.464 e. The Hall–Kier alpha value is -4.03. The van der Waals surface area contributed by atoms with Crippen molar-refractivity contribution in [3.8, 4) is 5.69 Å². The second-order valence-corrected chi connectivity index (χ2v) is 12.9. The number of quaternary nitrogens is 1. The standard InChI is InChI=1S/C30H29ClFN5O4S/c1-21(23-7-5-4-6-8-23)34-30(38)41-37(42(39,40)35(2)3)19-24(17-22-9-13-27(32)14-10-22)29-25(20-37)18-33-36(29)28-15-11-26(31)12-16-28/h4-18,21H,19-20H2,1-3H3/p+1/b24-17+/t21-,37?/m1/s1. The van der Waals surface area contributed by atoms with Gasteiger partial charge in [0, 0.05) is 24.7 Å². The van der Waals surface area contributed by atoms with Crippen molar-refractivity contribution >= 4 is 39.6 Å². The molecule has 0 saturated carbocycles. The molecule has 4 aromatic rings. The summed E-state index contributed by atoms with van der Waals surface area (Å²) < 4.78 is 43.2. The lowest BCUT2D eigenvalue weighted by Crippen LogP contribution is -2.60. The molecule has 3 aromatic carbocycles. The van der Waals surface area contributed by atoms with Crippen LogP contribution in [0, 0.1) is 5.82 Å². The third kappa shape index (κ3) is 5.82. The van der Waals surface area contributed by atoms with Gasteiger partial charge in [-0.05, 0) is 64.6 Å². The monoisotopic (exact) mass is 610 g/mol. The van der Waals surface area contributed by atoms with Gasteiger partial charge < -0.3 is 5.32 Å². The van der Waals surface area contributed by atoms with Gasteiger partial charge in [0.15, 0.2) is 13.1 Å². The highest BCUT2D eigenvalue weighted by molar-refractivity contribution is 7.83. The van der Waals surface area contributed by atoms with Gasteiger partial charge in [-0.1, -0.05) is 54.1 Å². The van der Waals surface area contributed by atoms with Crippen LogP contribution in [-0.2, 0) is 21.6 Å². The van der Waals surface area contributed by atoms with Gasteiger partial charge in [-0.2, -0.15) is 17.8 Å². The minimum absolute atomic E-state index is 0.197. The molecule has 1 aliphatic rings. The number of hydrogen-bond donors (Lipinski definition) is 1. The molecule has 1 N–H and O–H groups in total. The summed E-state index contributed by atoms with van der Waals surface area (Å²) in [6.07, 6.45) is 2.41. The summed E-state index contributed by atoms with van der Waals surface area (Å²) in [7, 11) is -1.48. The number of halogens is 2. The van der Waals surface area contributed by atoms with Crippen LogP contribution in [0.15, 0.2) is 85.1 Å². The Labute approximate surface area is 249 Å². The SMILES string of the molecule is C[C@@H](NC(=O)O[N+]1(S(=O)(=O)N(C)C)C/C(=C\c2ccc(F)cc2)c2c(cnn2-c2ccc(Cl)cc2)C1)c1ccccc1. The Morgan fingerprint density at radius 2 is 1.74 bits per heavy atom. The van der Waals surface area contributed by atoms with E-state index >= 15 is 0 Å². The number of carbonyl (C=O) groups is 1.